The summed E-state index contributed by atoms with van der Waals surface area (Å²) in [6.07, 6.45) is 3.79. The lowest BCUT2D eigenvalue weighted by atomic mass is 9.97. The first-order valence-electron chi connectivity index (χ1n) is 6.14. The van der Waals surface area contributed by atoms with Crippen LogP contribution in [0.15, 0.2) is 17.4 Å². The Morgan fingerprint density at radius 2 is 2.11 bits per heavy atom. The first-order valence-corrected chi connectivity index (χ1v) is 7.37. The van der Waals surface area contributed by atoms with Crippen LogP contribution in [0.25, 0.3) is 10.9 Å². The fourth-order valence-electron chi connectivity index (χ4n) is 2.38. The van der Waals surface area contributed by atoms with E-state index >= 15 is 0 Å². The van der Waals surface area contributed by atoms with E-state index in [0.717, 1.165) is 27.6 Å². The third-order valence-corrected chi connectivity index (χ3v) is 3.76. The molecule has 0 bridgehead atoms. The molecule has 2 aromatic heterocycles. The lowest BCUT2D eigenvalue weighted by Crippen LogP contribution is -2.60. The Morgan fingerprint density at radius 3 is 2.74 bits per heavy atom. The maximum absolute atomic E-state index is 9.88. The summed E-state index contributed by atoms with van der Waals surface area (Å²) in [6.45, 7) is 4.99. The van der Waals surface area contributed by atoms with Gasteiger partial charge in [0.2, 0.25) is 0 Å². The van der Waals surface area contributed by atoms with E-state index in [9.17, 15) is 5.11 Å². The van der Waals surface area contributed by atoms with Gasteiger partial charge in [-0.05, 0) is 26.2 Å². The number of rotatable bonds is 2. The summed E-state index contributed by atoms with van der Waals surface area (Å²) in [5.74, 6) is 0.847. The van der Waals surface area contributed by atoms with Crippen LogP contribution in [0, 0.1) is 6.92 Å². The van der Waals surface area contributed by atoms with E-state index in [1.54, 1.807) is 0 Å². The lowest BCUT2D eigenvalue weighted by molar-refractivity contribution is 0.0307. The minimum atomic E-state index is -0.618. The third-order valence-electron chi connectivity index (χ3n) is 3.20. The molecule has 19 heavy (non-hydrogen) atoms. The number of thioether (sulfide) groups is 1. The molecule has 5 nitrogen and oxygen atoms in total. The van der Waals surface area contributed by atoms with Gasteiger partial charge >= 0.3 is 0 Å². The van der Waals surface area contributed by atoms with Crippen molar-refractivity contribution in [1.29, 1.82) is 0 Å². The molecule has 0 spiro atoms. The number of pyridine rings is 1. The van der Waals surface area contributed by atoms with Crippen molar-refractivity contribution in [1.82, 2.24) is 15.0 Å². The van der Waals surface area contributed by atoms with Gasteiger partial charge in [-0.3, -0.25) is 0 Å². The maximum Gasteiger partial charge on any atom is 0.187 e. The molecular formula is C13H16N4OS. The van der Waals surface area contributed by atoms with Crippen LogP contribution in [0.2, 0.25) is 0 Å². The van der Waals surface area contributed by atoms with Gasteiger partial charge in [-0.15, -0.1) is 0 Å². The third kappa shape index (κ3) is 2.26. The van der Waals surface area contributed by atoms with Crippen molar-refractivity contribution < 1.29 is 5.11 Å². The second-order valence-electron chi connectivity index (χ2n) is 5.23. The summed E-state index contributed by atoms with van der Waals surface area (Å²) in [6, 6.07) is 1.99. The molecule has 0 atom stereocenters. The first-order chi connectivity index (χ1) is 8.98. The van der Waals surface area contributed by atoms with Gasteiger partial charge in [-0.1, -0.05) is 11.8 Å². The van der Waals surface area contributed by atoms with E-state index < -0.39 is 5.60 Å². The molecule has 1 N–H and O–H groups in total. The zero-order chi connectivity index (χ0) is 13.6. The van der Waals surface area contributed by atoms with Crippen molar-refractivity contribution in [3.05, 3.63) is 18.0 Å². The number of aromatic nitrogens is 3. The van der Waals surface area contributed by atoms with Crippen molar-refractivity contribution in [3.63, 3.8) is 0 Å². The number of aliphatic hydroxyl groups is 1. The molecule has 0 saturated carbocycles. The molecule has 6 heteroatoms. The quantitative estimate of drug-likeness (QED) is 0.664. The largest absolute Gasteiger partial charge is 0.386 e. The molecule has 0 aromatic carbocycles. The number of hydrogen-bond acceptors (Lipinski definition) is 6. The predicted octanol–water partition coefficient (Wildman–Crippen LogP) is 1.63. The monoisotopic (exact) mass is 276 g/mol. The Labute approximate surface area is 116 Å². The van der Waals surface area contributed by atoms with Crippen molar-refractivity contribution >= 4 is 28.5 Å². The van der Waals surface area contributed by atoms with E-state index in [1.807, 2.05) is 32.4 Å². The van der Waals surface area contributed by atoms with Crippen LogP contribution in [-0.2, 0) is 0 Å². The van der Waals surface area contributed by atoms with Gasteiger partial charge in [0, 0.05) is 30.4 Å². The smallest absolute Gasteiger partial charge is 0.187 e. The summed E-state index contributed by atoms with van der Waals surface area (Å²) < 4.78 is 0. The van der Waals surface area contributed by atoms with Crippen molar-refractivity contribution in [3.8, 4) is 0 Å². The fraction of sp³-hybridized carbons (Fsp3) is 0.462. The van der Waals surface area contributed by atoms with Gasteiger partial charge in [0.25, 0.3) is 0 Å². The van der Waals surface area contributed by atoms with Crippen molar-refractivity contribution in [2.45, 2.75) is 24.6 Å². The van der Waals surface area contributed by atoms with Crippen LogP contribution >= 0.6 is 11.8 Å². The molecular weight excluding hydrogens is 260 g/mol. The second kappa shape index (κ2) is 4.31. The van der Waals surface area contributed by atoms with Gasteiger partial charge in [0.1, 0.15) is 5.52 Å². The lowest BCUT2D eigenvalue weighted by Gasteiger charge is -2.45. The molecule has 0 aliphatic carbocycles. The minimum absolute atomic E-state index is 0.594. The van der Waals surface area contributed by atoms with Gasteiger partial charge in [-0.2, -0.15) is 0 Å². The SMILES string of the molecule is CSc1ncc2cc(C)nc(N3CC(C)(O)C3)c2n1. The van der Waals surface area contributed by atoms with Crippen LogP contribution in [0.1, 0.15) is 12.6 Å². The van der Waals surface area contributed by atoms with E-state index in [-0.39, 0.29) is 0 Å². The highest BCUT2D eigenvalue weighted by molar-refractivity contribution is 7.98. The first kappa shape index (κ1) is 12.6. The Kier molecular flexibility index (Phi) is 2.87. The molecule has 0 amide bonds. The van der Waals surface area contributed by atoms with Crippen LogP contribution in [0.5, 0.6) is 0 Å². The van der Waals surface area contributed by atoms with E-state index in [0.29, 0.717) is 13.1 Å². The fourth-order valence-corrected chi connectivity index (χ4v) is 2.72. The summed E-state index contributed by atoms with van der Waals surface area (Å²) in [4.78, 5) is 15.5. The van der Waals surface area contributed by atoms with E-state index in [2.05, 4.69) is 19.9 Å². The Balaban J connectivity index is 2.11. The molecule has 1 fully saturated rings. The summed E-state index contributed by atoms with van der Waals surface area (Å²) in [5.41, 5.74) is 1.18. The topological polar surface area (TPSA) is 62.1 Å². The molecule has 1 aliphatic heterocycles. The standard InChI is InChI=1S/C13H16N4OS/c1-8-4-9-5-14-12(19-3)16-10(9)11(15-8)17-6-13(2,18)7-17/h4-5,18H,6-7H2,1-3H3. The molecule has 0 radical (unpaired) electrons. The van der Waals surface area contributed by atoms with Gasteiger partial charge < -0.3 is 10.0 Å². The highest BCUT2D eigenvalue weighted by Gasteiger charge is 2.38. The second-order valence-corrected chi connectivity index (χ2v) is 6.01. The van der Waals surface area contributed by atoms with Crippen molar-refractivity contribution in [2.24, 2.45) is 0 Å². The summed E-state index contributed by atoms with van der Waals surface area (Å²) in [5, 5.41) is 11.6. The number of aryl methyl sites for hydroxylation is 1. The van der Waals surface area contributed by atoms with Crippen molar-refractivity contribution in [2.75, 3.05) is 24.2 Å². The molecule has 3 heterocycles. The van der Waals surface area contributed by atoms with Crippen LogP contribution in [0.3, 0.4) is 0 Å². The molecule has 100 valence electrons. The Hall–Kier alpha value is -1.40. The number of nitrogens with zero attached hydrogens (tertiary/aromatic N) is 4. The highest BCUT2D eigenvalue weighted by atomic mass is 32.2. The average molecular weight is 276 g/mol. The summed E-state index contributed by atoms with van der Waals surface area (Å²) >= 11 is 1.52. The average Bonchev–Trinajstić information content (AvgIpc) is 2.34. The summed E-state index contributed by atoms with van der Waals surface area (Å²) in [7, 11) is 0. The van der Waals surface area contributed by atoms with Gasteiger partial charge in [0.05, 0.1) is 5.60 Å². The van der Waals surface area contributed by atoms with Crippen LogP contribution < -0.4 is 4.90 Å². The number of hydrogen-bond donors (Lipinski definition) is 1. The predicted molar refractivity (Wildman–Crippen MR) is 76.7 cm³/mol. The molecule has 0 unspecified atom stereocenters. The zero-order valence-electron chi connectivity index (χ0n) is 11.2. The molecule has 1 aliphatic rings. The highest BCUT2D eigenvalue weighted by Crippen LogP contribution is 2.31. The van der Waals surface area contributed by atoms with E-state index in [1.165, 1.54) is 11.8 Å². The Morgan fingerprint density at radius 1 is 1.37 bits per heavy atom. The number of β-amino-alcohol motifs (C(OH)–C–C–N with tert-alkyl or cyclic N) is 1. The normalized spacial score (nSPS) is 17.6. The van der Waals surface area contributed by atoms with Gasteiger partial charge in [-0.25, -0.2) is 15.0 Å². The Bertz CT molecular complexity index is 636. The van der Waals surface area contributed by atoms with E-state index in [4.69, 9.17) is 0 Å². The maximum atomic E-state index is 9.88. The number of fused-ring (bicyclic) bond motifs is 1. The molecule has 3 rings (SSSR count). The number of anilines is 1. The molecule has 1 saturated heterocycles. The van der Waals surface area contributed by atoms with Crippen LogP contribution in [-0.4, -0.2) is 45.0 Å². The van der Waals surface area contributed by atoms with Gasteiger partial charge in [0.15, 0.2) is 11.0 Å². The van der Waals surface area contributed by atoms with Crippen LogP contribution in [0.4, 0.5) is 5.82 Å². The minimum Gasteiger partial charge on any atom is -0.386 e. The zero-order valence-corrected chi connectivity index (χ0v) is 12.0. The molecule has 2 aromatic rings.